The van der Waals surface area contributed by atoms with Crippen LogP contribution in [-0.2, 0) is 19.5 Å². The molecule has 0 saturated heterocycles. The molecule has 0 aliphatic carbocycles. The summed E-state index contributed by atoms with van der Waals surface area (Å²) in [6.07, 6.45) is 0. The molecule has 0 amide bonds. The van der Waals surface area contributed by atoms with E-state index < -0.39 is 11.9 Å². The summed E-state index contributed by atoms with van der Waals surface area (Å²) < 4.78 is 0. The third-order valence-corrected chi connectivity index (χ3v) is 4.24. The second kappa shape index (κ2) is 22.3. The van der Waals surface area contributed by atoms with Crippen LogP contribution in [0.4, 0.5) is 0 Å². The molecule has 0 bridgehead atoms. The number of carboxylic acids is 2. The Bertz CT molecular complexity index is 1060. The summed E-state index contributed by atoms with van der Waals surface area (Å²) in [6, 6.07) is 17.1. The second-order valence-corrected chi connectivity index (χ2v) is 8.01. The summed E-state index contributed by atoms with van der Waals surface area (Å²) in [5.74, 6) is -2.25. The number of rotatable bonds is 2. The molecule has 0 unspecified atom stereocenters. The van der Waals surface area contributed by atoms with Crippen LogP contribution in [0, 0.1) is 41.5 Å². The molecule has 4 rings (SSSR count). The van der Waals surface area contributed by atoms with Crippen LogP contribution in [0.15, 0.2) is 60.7 Å². The molecular weight excluding hydrogens is 554 g/mol. The summed E-state index contributed by atoms with van der Waals surface area (Å²) in [6.45, 7) is 13.6. The molecule has 2 aromatic carbocycles. The van der Waals surface area contributed by atoms with Crippen LogP contribution in [0.1, 0.15) is 61.5 Å². The standard InChI is InChI=1S/2C8H8O2.2C5H8N2.C2H6O.H2O.Zn/c2*1-6-2-4-7(5-3-6)8(9)10;2*1-4-3-5(2)7-6-4;1-2-3;;/h2*2-5H,1H3,(H,9,10);2*3H,1-2H3,(H,6,7);3H,2H2,1H3;1H2;/q;;;;;;+2/p-2. The van der Waals surface area contributed by atoms with Crippen molar-refractivity contribution in [2.24, 2.45) is 0 Å². The minimum Gasteiger partial charge on any atom is -0.545 e. The van der Waals surface area contributed by atoms with E-state index in [1.807, 2.05) is 53.7 Å². The predicted octanol–water partition coefficient (Wildman–Crippen LogP) is 1.94. The van der Waals surface area contributed by atoms with Crippen LogP contribution < -0.4 is 10.2 Å². The van der Waals surface area contributed by atoms with Gasteiger partial charge in [-0.25, -0.2) is 0 Å². The van der Waals surface area contributed by atoms with Crippen molar-refractivity contribution < 1.29 is 49.9 Å². The number of carboxylic acid groups (broad SMARTS) is 2. The maximum absolute atomic E-state index is 10.2. The van der Waals surface area contributed by atoms with Gasteiger partial charge in [0.15, 0.2) is 0 Å². The van der Waals surface area contributed by atoms with Gasteiger partial charge in [-0.1, -0.05) is 59.7 Å². The quantitative estimate of drug-likeness (QED) is 0.297. The number of nitrogens with zero attached hydrogens (tertiary/aromatic N) is 2. The van der Waals surface area contributed by atoms with E-state index in [0.29, 0.717) is 0 Å². The van der Waals surface area contributed by atoms with Crippen molar-refractivity contribution in [2.45, 2.75) is 48.5 Å². The van der Waals surface area contributed by atoms with Gasteiger partial charge in [0.25, 0.3) is 0 Å². The van der Waals surface area contributed by atoms with Gasteiger partial charge in [-0.2, -0.15) is 10.2 Å². The Morgan fingerprint density at radius 3 is 1.08 bits per heavy atom. The maximum Gasteiger partial charge on any atom is 2.00 e. The first-order valence-electron chi connectivity index (χ1n) is 11.5. The van der Waals surface area contributed by atoms with Crippen LogP contribution >= 0.6 is 0 Å². The van der Waals surface area contributed by atoms with Crippen molar-refractivity contribution >= 4 is 11.9 Å². The van der Waals surface area contributed by atoms with Gasteiger partial charge in [0.2, 0.25) is 0 Å². The van der Waals surface area contributed by atoms with Gasteiger partial charge in [0.05, 0.1) is 23.3 Å². The minimum atomic E-state index is -1.12. The normalized spacial score (nSPS) is 8.62. The summed E-state index contributed by atoms with van der Waals surface area (Å²) >= 11 is 0. The molecule has 10 nitrogen and oxygen atoms in total. The zero-order chi connectivity index (χ0) is 28.4. The fourth-order valence-electron chi connectivity index (χ4n) is 2.49. The van der Waals surface area contributed by atoms with Gasteiger partial charge in [-0.3, -0.25) is 10.2 Å². The van der Waals surface area contributed by atoms with Crippen molar-refractivity contribution in [1.82, 2.24) is 20.4 Å². The first-order chi connectivity index (χ1) is 17.4. The molecule has 208 valence electrons. The number of nitrogens with one attached hydrogen (secondary N) is 2. The Kier molecular flexibility index (Phi) is 22.8. The molecule has 0 radical (unpaired) electrons. The van der Waals surface area contributed by atoms with Crippen LogP contribution in [0.2, 0.25) is 0 Å². The Balaban J connectivity index is -0.000000426. The first kappa shape index (κ1) is 39.8. The van der Waals surface area contributed by atoms with Crippen molar-refractivity contribution in [2.75, 3.05) is 6.61 Å². The van der Waals surface area contributed by atoms with E-state index in [1.165, 1.54) is 24.3 Å². The van der Waals surface area contributed by atoms with Crippen LogP contribution in [0.3, 0.4) is 0 Å². The van der Waals surface area contributed by atoms with Gasteiger partial charge >= 0.3 is 19.5 Å². The Hall–Kier alpha value is -3.66. The van der Waals surface area contributed by atoms with Crippen molar-refractivity contribution in [1.29, 1.82) is 0 Å². The average Bonchev–Trinajstić information content (AvgIpc) is 3.41. The molecule has 5 N–H and O–H groups in total. The number of aromatic amines is 2. The van der Waals surface area contributed by atoms with E-state index in [4.69, 9.17) is 5.11 Å². The zero-order valence-electron chi connectivity index (χ0n) is 23.7. The third-order valence-electron chi connectivity index (χ3n) is 4.24. The third kappa shape index (κ3) is 20.0. The van der Waals surface area contributed by atoms with E-state index in [0.717, 1.165) is 33.9 Å². The van der Waals surface area contributed by atoms with E-state index in [-0.39, 0.29) is 42.7 Å². The predicted molar refractivity (Wildman–Crippen MR) is 144 cm³/mol. The Labute approximate surface area is 242 Å². The topological polar surface area (TPSA) is 189 Å². The number of H-pyrrole nitrogens is 2. The largest absolute Gasteiger partial charge is 2.00 e. The molecule has 0 atom stereocenters. The number of carbonyl (C=O) groups excluding carboxylic acids is 2. The van der Waals surface area contributed by atoms with Crippen molar-refractivity contribution in [3.8, 4) is 0 Å². The van der Waals surface area contributed by atoms with Crippen LogP contribution in [0.25, 0.3) is 0 Å². The number of aryl methyl sites for hydroxylation is 6. The molecule has 4 aromatic rings. The van der Waals surface area contributed by atoms with E-state index in [1.54, 1.807) is 31.2 Å². The molecule has 0 aliphatic rings. The minimum absolute atomic E-state index is 0. The molecular formula is C28H38N4O6Zn. The number of aromatic carboxylic acids is 2. The molecule has 2 aromatic heterocycles. The van der Waals surface area contributed by atoms with Crippen LogP contribution in [0.5, 0.6) is 0 Å². The van der Waals surface area contributed by atoms with E-state index in [2.05, 4.69) is 20.4 Å². The zero-order valence-corrected chi connectivity index (χ0v) is 26.6. The maximum atomic E-state index is 10.2. The smallest absolute Gasteiger partial charge is 0.545 e. The first-order valence-corrected chi connectivity index (χ1v) is 11.5. The van der Waals surface area contributed by atoms with E-state index in [9.17, 15) is 19.8 Å². The number of aliphatic hydroxyl groups excluding tert-OH is 1. The molecule has 0 saturated carbocycles. The van der Waals surface area contributed by atoms with Crippen LogP contribution in [-0.4, -0.2) is 49.5 Å². The van der Waals surface area contributed by atoms with Crippen molar-refractivity contribution in [3.05, 3.63) is 106 Å². The summed E-state index contributed by atoms with van der Waals surface area (Å²) in [4.78, 5) is 20.4. The SMILES string of the molecule is CCO.Cc1cc(C)[nH]n1.Cc1cc(C)[nH]n1.Cc1ccc(C(=O)[O-])cc1.Cc1ccc(C(=O)[O-])cc1.O.[Zn+2]. The molecule has 11 heteroatoms. The number of carbonyl (C=O) groups is 2. The van der Waals surface area contributed by atoms with Gasteiger partial charge in [0, 0.05) is 18.0 Å². The molecule has 39 heavy (non-hydrogen) atoms. The second-order valence-electron chi connectivity index (χ2n) is 8.01. The number of aromatic nitrogens is 4. The molecule has 2 heterocycles. The summed E-state index contributed by atoms with van der Waals surface area (Å²) in [5, 5.41) is 41.4. The van der Waals surface area contributed by atoms with E-state index >= 15 is 0 Å². The molecule has 0 aliphatic heterocycles. The monoisotopic (exact) mass is 590 g/mol. The van der Waals surface area contributed by atoms with Gasteiger partial charge in [0.1, 0.15) is 0 Å². The number of hydrogen-bond acceptors (Lipinski definition) is 7. The summed E-state index contributed by atoms with van der Waals surface area (Å²) in [5.41, 5.74) is 6.90. The molecule has 0 spiro atoms. The molecule has 0 fully saturated rings. The average molecular weight is 592 g/mol. The van der Waals surface area contributed by atoms with Gasteiger partial charge in [-0.05, 0) is 71.7 Å². The van der Waals surface area contributed by atoms with Gasteiger partial charge < -0.3 is 30.4 Å². The fraction of sp³-hybridized carbons (Fsp3) is 0.286. The number of aliphatic hydroxyl groups is 1. The summed E-state index contributed by atoms with van der Waals surface area (Å²) in [7, 11) is 0. The number of hydrogen-bond donors (Lipinski definition) is 3. The number of benzene rings is 2. The van der Waals surface area contributed by atoms with Crippen molar-refractivity contribution in [3.63, 3.8) is 0 Å². The Morgan fingerprint density at radius 2 is 0.949 bits per heavy atom. The fourth-order valence-corrected chi connectivity index (χ4v) is 2.49. The van der Waals surface area contributed by atoms with Gasteiger partial charge in [-0.15, -0.1) is 0 Å². The Morgan fingerprint density at radius 1 is 0.692 bits per heavy atom.